The summed E-state index contributed by atoms with van der Waals surface area (Å²) in [6, 6.07) is 0.205. The molecule has 6 heteroatoms. The van der Waals surface area contributed by atoms with Gasteiger partial charge in [-0.15, -0.1) is 0 Å². The van der Waals surface area contributed by atoms with E-state index in [1.165, 1.54) is 0 Å². The molecule has 0 aromatic heterocycles. The van der Waals surface area contributed by atoms with Gasteiger partial charge >= 0.3 is 13.2 Å². The Kier molecular flexibility index (Phi) is 5.94. The standard InChI is InChI=1S/C19H34BNO4/c1-17(2,3)23-16(22)21-15-10-8-14(9-11-15)12-13-20-24-18(4,5)19(6,7)25-20/h12-15H,8-11H2,1-7H3,(H,21,22)/b13-12+. The number of alkyl carbamates (subject to hydrolysis) is 1. The summed E-state index contributed by atoms with van der Waals surface area (Å²) < 4.78 is 17.3. The lowest BCUT2D eigenvalue weighted by Crippen LogP contribution is -2.41. The molecule has 2 aliphatic rings. The predicted molar refractivity (Wildman–Crippen MR) is 100 cm³/mol. The first-order valence-corrected chi connectivity index (χ1v) is 9.41. The highest BCUT2D eigenvalue weighted by Crippen LogP contribution is 2.37. The van der Waals surface area contributed by atoms with Crippen LogP contribution in [0.2, 0.25) is 0 Å². The molecule has 0 atom stereocenters. The Morgan fingerprint density at radius 2 is 1.60 bits per heavy atom. The van der Waals surface area contributed by atoms with E-state index in [4.69, 9.17) is 14.0 Å². The molecule has 1 heterocycles. The number of rotatable bonds is 3. The van der Waals surface area contributed by atoms with Crippen LogP contribution in [-0.4, -0.2) is 36.1 Å². The summed E-state index contributed by atoms with van der Waals surface area (Å²) in [5, 5.41) is 2.98. The van der Waals surface area contributed by atoms with Gasteiger partial charge in [0.25, 0.3) is 0 Å². The maximum Gasteiger partial charge on any atom is 0.486 e. The van der Waals surface area contributed by atoms with Crippen molar-refractivity contribution in [1.82, 2.24) is 5.32 Å². The summed E-state index contributed by atoms with van der Waals surface area (Å²) in [6.07, 6.45) is 5.94. The maximum atomic E-state index is 11.8. The average molecular weight is 351 g/mol. The fourth-order valence-corrected chi connectivity index (χ4v) is 3.15. The zero-order valence-electron chi connectivity index (χ0n) is 16.8. The third-order valence-corrected chi connectivity index (χ3v) is 5.30. The largest absolute Gasteiger partial charge is 0.486 e. The van der Waals surface area contributed by atoms with Crippen LogP contribution in [0, 0.1) is 5.92 Å². The molecule has 1 aliphatic carbocycles. The van der Waals surface area contributed by atoms with Crippen molar-refractivity contribution >= 4 is 13.2 Å². The Morgan fingerprint density at radius 3 is 2.08 bits per heavy atom. The summed E-state index contributed by atoms with van der Waals surface area (Å²) >= 11 is 0. The highest BCUT2D eigenvalue weighted by atomic mass is 16.7. The van der Waals surface area contributed by atoms with Gasteiger partial charge in [0.2, 0.25) is 0 Å². The molecule has 0 spiro atoms. The van der Waals surface area contributed by atoms with Crippen molar-refractivity contribution in [2.24, 2.45) is 5.92 Å². The predicted octanol–water partition coefficient (Wildman–Crippen LogP) is 4.26. The smallest absolute Gasteiger partial charge is 0.444 e. The number of hydrogen-bond acceptors (Lipinski definition) is 4. The Morgan fingerprint density at radius 1 is 1.08 bits per heavy atom. The van der Waals surface area contributed by atoms with Crippen LogP contribution in [-0.2, 0) is 14.0 Å². The summed E-state index contributed by atoms with van der Waals surface area (Å²) in [6.45, 7) is 13.9. The first-order valence-electron chi connectivity index (χ1n) is 9.41. The van der Waals surface area contributed by atoms with Crippen molar-refractivity contribution in [3.05, 3.63) is 12.1 Å². The molecular formula is C19H34BNO4. The molecule has 0 bridgehead atoms. The van der Waals surface area contributed by atoms with Crippen LogP contribution in [0.5, 0.6) is 0 Å². The van der Waals surface area contributed by atoms with E-state index >= 15 is 0 Å². The summed E-state index contributed by atoms with van der Waals surface area (Å²) in [5.74, 6) is 2.55. The van der Waals surface area contributed by atoms with Gasteiger partial charge in [0, 0.05) is 6.04 Å². The number of nitrogens with one attached hydrogen (secondary N) is 1. The lowest BCUT2D eigenvalue weighted by Gasteiger charge is -2.32. The van der Waals surface area contributed by atoms with Gasteiger partial charge in [-0.25, -0.2) is 4.79 Å². The van der Waals surface area contributed by atoms with Crippen LogP contribution in [0.15, 0.2) is 12.1 Å². The number of amides is 1. The van der Waals surface area contributed by atoms with E-state index in [9.17, 15) is 4.79 Å². The normalized spacial score (nSPS) is 29.0. The van der Waals surface area contributed by atoms with E-state index in [2.05, 4.69) is 39.1 Å². The highest BCUT2D eigenvalue weighted by molar-refractivity contribution is 6.51. The SMILES string of the molecule is CC(C)(C)OC(=O)NC1CCC(/C=C/B2OC(C)(C)C(C)(C)O2)CC1. The van der Waals surface area contributed by atoms with Gasteiger partial charge in [-0.3, -0.25) is 0 Å². The maximum absolute atomic E-state index is 11.8. The lowest BCUT2D eigenvalue weighted by molar-refractivity contribution is 0.00578. The van der Waals surface area contributed by atoms with E-state index in [-0.39, 0.29) is 30.5 Å². The molecule has 0 aromatic rings. The van der Waals surface area contributed by atoms with Crippen LogP contribution in [0.3, 0.4) is 0 Å². The zero-order valence-corrected chi connectivity index (χ0v) is 16.8. The minimum Gasteiger partial charge on any atom is -0.444 e. The van der Waals surface area contributed by atoms with Crippen LogP contribution >= 0.6 is 0 Å². The molecule has 1 saturated carbocycles. The molecular weight excluding hydrogens is 317 g/mol. The van der Waals surface area contributed by atoms with E-state index in [1.807, 2.05) is 26.7 Å². The Balaban J connectivity index is 1.75. The van der Waals surface area contributed by atoms with Crippen LogP contribution in [0.4, 0.5) is 4.79 Å². The molecule has 2 fully saturated rings. The number of carbonyl (C=O) groups is 1. The molecule has 2 rings (SSSR count). The second-order valence-corrected chi connectivity index (χ2v) is 9.27. The molecule has 1 amide bonds. The Labute approximate surface area is 153 Å². The Hall–Kier alpha value is -1.01. The van der Waals surface area contributed by atoms with Crippen molar-refractivity contribution < 1.29 is 18.8 Å². The molecule has 0 unspecified atom stereocenters. The third-order valence-electron chi connectivity index (χ3n) is 5.30. The third kappa shape index (κ3) is 5.75. The van der Waals surface area contributed by atoms with Gasteiger partial charge in [-0.2, -0.15) is 0 Å². The molecule has 0 radical (unpaired) electrons. The summed E-state index contributed by atoms with van der Waals surface area (Å²) in [7, 11) is -0.275. The van der Waals surface area contributed by atoms with Crippen LogP contribution in [0.1, 0.15) is 74.1 Å². The van der Waals surface area contributed by atoms with Crippen molar-refractivity contribution in [3.8, 4) is 0 Å². The van der Waals surface area contributed by atoms with Crippen LogP contribution < -0.4 is 5.32 Å². The number of allylic oxidation sites excluding steroid dienone is 1. The number of carbonyl (C=O) groups excluding carboxylic acids is 1. The zero-order chi connectivity index (χ0) is 18.9. The number of hydrogen-bond donors (Lipinski definition) is 1. The first-order chi connectivity index (χ1) is 11.4. The van der Waals surface area contributed by atoms with Crippen molar-refractivity contribution in [2.45, 2.75) is 97.0 Å². The topological polar surface area (TPSA) is 56.8 Å². The van der Waals surface area contributed by atoms with Gasteiger partial charge in [-0.1, -0.05) is 12.1 Å². The molecule has 0 aromatic carbocycles. The monoisotopic (exact) mass is 351 g/mol. The molecule has 1 N–H and O–H groups in total. The quantitative estimate of drug-likeness (QED) is 0.772. The van der Waals surface area contributed by atoms with E-state index in [1.54, 1.807) is 0 Å². The molecule has 5 nitrogen and oxygen atoms in total. The minimum atomic E-state index is -0.452. The van der Waals surface area contributed by atoms with Gasteiger partial charge in [0.15, 0.2) is 0 Å². The molecule has 142 valence electrons. The van der Waals surface area contributed by atoms with Gasteiger partial charge in [-0.05, 0) is 80.1 Å². The fraction of sp³-hybridized carbons (Fsp3) is 0.842. The molecule has 1 saturated heterocycles. The van der Waals surface area contributed by atoms with Crippen molar-refractivity contribution in [3.63, 3.8) is 0 Å². The summed E-state index contributed by atoms with van der Waals surface area (Å²) in [5.41, 5.74) is -1.04. The second kappa shape index (κ2) is 7.32. The second-order valence-electron chi connectivity index (χ2n) is 9.27. The fourth-order valence-electron chi connectivity index (χ4n) is 3.15. The van der Waals surface area contributed by atoms with Crippen molar-refractivity contribution in [2.75, 3.05) is 0 Å². The molecule has 25 heavy (non-hydrogen) atoms. The van der Waals surface area contributed by atoms with Crippen molar-refractivity contribution in [1.29, 1.82) is 0 Å². The van der Waals surface area contributed by atoms with E-state index < -0.39 is 5.60 Å². The Bertz CT molecular complexity index is 486. The summed E-state index contributed by atoms with van der Waals surface area (Å²) in [4.78, 5) is 11.8. The van der Waals surface area contributed by atoms with Gasteiger partial charge in [0.1, 0.15) is 5.60 Å². The average Bonchev–Trinajstić information content (AvgIpc) is 2.64. The lowest BCUT2D eigenvalue weighted by atomic mass is 9.82. The van der Waals surface area contributed by atoms with E-state index in [0.717, 1.165) is 25.7 Å². The van der Waals surface area contributed by atoms with Gasteiger partial charge < -0.3 is 19.4 Å². The van der Waals surface area contributed by atoms with Crippen LogP contribution in [0.25, 0.3) is 0 Å². The van der Waals surface area contributed by atoms with Gasteiger partial charge in [0.05, 0.1) is 11.2 Å². The number of ether oxygens (including phenoxy) is 1. The minimum absolute atomic E-state index is 0.205. The highest BCUT2D eigenvalue weighted by Gasteiger charge is 2.50. The van der Waals surface area contributed by atoms with E-state index in [0.29, 0.717) is 5.92 Å². The molecule has 1 aliphatic heterocycles. The first kappa shape index (κ1) is 20.3.